The molecular weight excluding hydrogens is 407 g/mol. The van der Waals surface area contributed by atoms with E-state index < -0.39 is 12.8 Å². The molecule has 0 saturated carbocycles. The van der Waals surface area contributed by atoms with Crippen molar-refractivity contribution in [2.75, 3.05) is 13.2 Å². The lowest BCUT2D eigenvalue weighted by atomic mass is 10.2. The molecule has 3 aromatic rings. The Balaban J connectivity index is 1.55. The molecule has 0 atom stereocenters. The SMILES string of the molecule is CCNC(=NCc1ccc(OCC(F)(F)F)cc1)NCc1ncc(-c2ccccc2)[nH]1. The molecule has 0 bridgehead atoms. The summed E-state index contributed by atoms with van der Waals surface area (Å²) in [5, 5.41) is 6.37. The van der Waals surface area contributed by atoms with Crippen LogP contribution in [0.1, 0.15) is 18.3 Å². The number of guanidine groups is 1. The number of alkyl halides is 3. The summed E-state index contributed by atoms with van der Waals surface area (Å²) in [5.74, 6) is 1.55. The number of H-pyrrole nitrogens is 1. The molecule has 0 amide bonds. The molecule has 164 valence electrons. The fourth-order valence-corrected chi connectivity index (χ4v) is 2.75. The van der Waals surface area contributed by atoms with Gasteiger partial charge in [0.15, 0.2) is 12.6 Å². The Bertz CT molecular complexity index is 969. The van der Waals surface area contributed by atoms with Crippen molar-refractivity contribution in [1.29, 1.82) is 0 Å². The van der Waals surface area contributed by atoms with Crippen LogP contribution in [-0.4, -0.2) is 35.3 Å². The maximum absolute atomic E-state index is 12.2. The van der Waals surface area contributed by atoms with Crippen molar-refractivity contribution in [3.63, 3.8) is 0 Å². The summed E-state index contributed by atoms with van der Waals surface area (Å²) in [6.07, 6.45) is -2.57. The number of benzene rings is 2. The van der Waals surface area contributed by atoms with Gasteiger partial charge in [0.1, 0.15) is 11.6 Å². The van der Waals surface area contributed by atoms with Crippen molar-refractivity contribution in [3.8, 4) is 17.0 Å². The second kappa shape index (κ2) is 10.5. The summed E-state index contributed by atoms with van der Waals surface area (Å²) in [4.78, 5) is 12.2. The minimum absolute atomic E-state index is 0.169. The predicted molar refractivity (Wildman–Crippen MR) is 114 cm³/mol. The summed E-state index contributed by atoms with van der Waals surface area (Å²) in [6.45, 7) is 2.16. The van der Waals surface area contributed by atoms with Crippen LogP contribution in [0.4, 0.5) is 13.2 Å². The zero-order chi connectivity index (χ0) is 22.1. The van der Waals surface area contributed by atoms with Gasteiger partial charge >= 0.3 is 6.18 Å². The van der Waals surface area contributed by atoms with E-state index in [0.29, 0.717) is 25.6 Å². The van der Waals surface area contributed by atoms with E-state index in [2.05, 4.69) is 25.6 Å². The summed E-state index contributed by atoms with van der Waals surface area (Å²) in [7, 11) is 0. The van der Waals surface area contributed by atoms with E-state index in [0.717, 1.165) is 22.6 Å². The van der Waals surface area contributed by atoms with E-state index in [-0.39, 0.29) is 5.75 Å². The van der Waals surface area contributed by atoms with Crippen molar-refractivity contribution in [3.05, 3.63) is 72.2 Å². The smallest absolute Gasteiger partial charge is 0.422 e. The number of ether oxygens (including phenoxy) is 1. The Morgan fingerprint density at radius 3 is 2.48 bits per heavy atom. The van der Waals surface area contributed by atoms with Crippen LogP contribution in [0.5, 0.6) is 5.75 Å². The molecule has 0 saturated heterocycles. The molecule has 0 aliphatic heterocycles. The molecule has 0 unspecified atom stereocenters. The van der Waals surface area contributed by atoms with E-state index in [1.54, 1.807) is 18.3 Å². The molecule has 0 spiro atoms. The Morgan fingerprint density at radius 1 is 1.06 bits per heavy atom. The van der Waals surface area contributed by atoms with Gasteiger partial charge in [-0.05, 0) is 30.2 Å². The van der Waals surface area contributed by atoms with Gasteiger partial charge in [-0.15, -0.1) is 0 Å². The maximum atomic E-state index is 12.2. The molecular formula is C22H24F3N5O. The van der Waals surface area contributed by atoms with Crippen LogP contribution in [0, 0.1) is 0 Å². The molecule has 0 radical (unpaired) electrons. The lowest BCUT2D eigenvalue weighted by Gasteiger charge is -2.11. The highest BCUT2D eigenvalue weighted by Crippen LogP contribution is 2.19. The number of nitrogens with one attached hydrogen (secondary N) is 3. The first-order chi connectivity index (χ1) is 14.9. The average Bonchev–Trinajstić information content (AvgIpc) is 3.24. The number of rotatable bonds is 8. The van der Waals surface area contributed by atoms with Crippen LogP contribution in [0.15, 0.2) is 65.8 Å². The van der Waals surface area contributed by atoms with Crippen molar-refractivity contribution >= 4 is 5.96 Å². The third-order valence-electron chi connectivity index (χ3n) is 4.23. The molecule has 0 aliphatic rings. The molecule has 0 aliphatic carbocycles. The van der Waals surface area contributed by atoms with Gasteiger partial charge in [-0.3, -0.25) is 0 Å². The summed E-state index contributed by atoms with van der Waals surface area (Å²) in [5.41, 5.74) is 2.84. The molecule has 1 heterocycles. The number of aromatic amines is 1. The van der Waals surface area contributed by atoms with Crippen molar-refractivity contribution < 1.29 is 17.9 Å². The van der Waals surface area contributed by atoms with E-state index in [4.69, 9.17) is 4.74 Å². The van der Waals surface area contributed by atoms with Gasteiger partial charge in [-0.25, -0.2) is 9.98 Å². The number of imidazole rings is 1. The number of halogens is 3. The molecule has 6 nitrogen and oxygen atoms in total. The lowest BCUT2D eigenvalue weighted by Crippen LogP contribution is -2.37. The van der Waals surface area contributed by atoms with E-state index in [1.807, 2.05) is 37.3 Å². The Hall–Kier alpha value is -3.49. The number of nitrogens with zero attached hydrogens (tertiary/aromatic N) is 2. The molecule has 2 aromatic carbocycles. The Morgan fingerprint density at radius 2 is 1.81 bits per heavy atom. The first-order valence-electron chi connectivity index (χ1n) is 9.83. The summed E-state index contributed by atoms with van der Waals surface area (Å²) < 4.78 is 41.4. The van der Waals surface area contributed by atoms with E-state index in [9.17, 15) is 13.2 Å². The summed E-state index contributed by atoms with van der Waals surface area (Å²) >= 11 is 0. The van der Waals surface area contributed by atoms with Crippen molar-refractivity contribution in [1.82, 2.24) is 20.6 Å². The number of hydrogen-bond acceptors (Lipinski definition) is 3. The monoisotopic (exact) mass is 431 g/mol. The Kier molecular flexibility index (Phi) is 7.53. The van der Waals surface area contributed by atoms with Gasteiger partial charge in [-0.1, -0.05) is 42.5 Å². The predicted octanol–water partition coefficient (Wildman–Crippen LogP) is 4.27. The van der Waals surface area contributed by atoms with Crippen LogP contribution in [0.25, 0.3) is 11.3 Å². The maximum Gasteiger partial charge on any atom is 0.422 e. The molecule has 31 heavy (non-hydrogen) atoms. The minimum atomic E-state index is -4.36. The standard InChI is InChI=1S/C22H24F3N5O/c1-2-26-21(28-12-16-8-10-18(11-9-16)31-15-22(23,24)25)29-14-20-27-13-19(30-20)17-6-4-3-5-7-17/h3-11,13H,2,12,14-15H2,1H3,(H,27,30)(H2,26,28,29). The lowest BCUT2D eigenvalue weighted by molar-refractivity contribution is -0.153. The van der Waals surface area contributed by atoms with Crippen molar-refractivity contribution in [2.45, 2.75) is 26.2 Å². The third kappa shape index (κ3) is 7.36. The van der Waals surface area contributed by atoms with Gasteiger partial charge in [0.2, 0.25) is 0 Å². The average molecular weight is 431 g/mol. The topological polar surface area (TPSA) is 74.3 Å². The quantitative estimate of drug-likeness (QED) is 0.368. The van der Waals surface area contributed by atoms with Crippen molar-refractivity contribution in [2.24, 2.45) is 4.99 Å². The van der Waals surface area contributed by atoms with Gasteiger partial charge in [0.05, 0.1) is 25.0 Å². The minimum Gasteiger partial charge on any atom is -0.484 e. The number of aliphatic imine (C=N–C) groups is 1. The largest absolute Gasteiger partial charge is 0.484 e. The van der Waals surface area contributed by atoms with Gasteiger partial charge in [-0.2, -0.15) is 13.2 Å². The van der Waals surface area contributed by atoms with E-state index >= 15 is 0 Å². The first kappa shape index (κ1) is 22.2. The van der Waals surface area contributed by atoms with Gasteiger partial charge in [0, 0.05) is 6.54 Å². The van der Waals surface area contributed by atoms with Gasteiger partial charge in [0.25, 0.3) is 0 Å². The van der Waals surface area contributed by atoms with Gasteiger partial charge < -0.3 is 20.4 Å². The molecule has 1 aromatic heterocycles. The Labute approximate surface area is 178 Å². The highest BCUT2D eigenvalue weighted by Gasteiger charge is 2.28. The highest BCUT2D eigenvalue weighted by atomic mass is 19.4. The summed E-state index contributed by atoms with van der Waals surface area (Å²) in [6, 6.07) is 16.3. The highest BCUT2D eigenvalue weighted by molar-refractivity contribution is 5.79. The molecule has 0 fully saturated rings. The third-order valence-corrected chi connectivity index (χ3v) is 4.23. The zero-order valence-corrected chi connectivity index (χ0v) is 17.0. The number of hydrogen-bond donors (Lipinski definition) is 3. The van der Waals surface area contributed by atoms with Crippen LogP contribution >= 0.6 is 0 Å². The fraction of sp³-hybridized carbons (Fsp3) is 0.273. The van der Waals surface area contributed by atoms with E-state index in [1.165, 1.54) is 12.1 Å². The molecule has 3 rings (SSSR count). The molecule has 9 heteroatoms. The van der Waals surface area contributed by atoms with Crippen LogP contribution in [0.3, 0.4) is 0 Å². The number of aromatic nitrogens is 2. The second-order valence-electron chi connectivity index (χ2n) is 6.71. The fourth-order valence-electron chi connectivity index (χ4n) is 2.75. The molecule has 3 N–H and O–H groups in total. The first-order valence-corrected chi connectivity index (χ1v) is 9.83. The van der Waals surface area contributed by atoms with Crippen LogP contribution in [-0.2, 0) is 13.1 Å². The second-order valence-corrected chi connectivity index (χ2v) is 6.71. The van der Waals surface area contributed by atoms with Crippen LogP contribution in [0.2, 0.25) is 0 Å². The normalized spacial score (nSPS) is 11.9. The zero-order valence-electron chi connectivity index (χ0n) is 17.0. The van der Waals surface area contributed by atoms with Crippen LogP contribution < -0.4 is 15.4 Å².